The van der Waals surface area contributed by atoms with Gasteiger partial charge in [0.05, 0.1) is 11.4 Å². The molecule has 0 spiro atoms. The van der Waals surface area contributed by atoms with Crippen LogP contribution in [0.4, 0.5) is 0 Å². The summed E-state index contributed by atoms with van der Waals surface area (Å²) in [5.74, 6) is 0. The molecule has 5 aromatic rings. The molecular weight excluding hydrogens is 398 g/mol. The van der Waals surface area contributed by atoms with Crippen LogP contribution in [0.15, 0.2) is 96.3 Å². The maximum absolute atomic E-state index is 13.5. The van der Waals surface area contributed by atoms with Crippen LogP contribution in [0.1, 0.15) is 22.5 Å². The van der Waals surface area contributed by atoms with Crippen LogP contribution < -0.4 is 5.56 Å². The molecule has 1 aromatic carbocycles. The fourth-order valence-corrected chi connectivity index (χ4v) is 3.54. The van der Waals surface area contributed by atoms with E-state index in [1.807, 2.05) is 78.9 Å². The van der Waals surface area contributed by atoms with E-state index in [1.165, 1.54) is 0 Å². The van der Waals surface area contributed by atoms with Crippen LogP contribution >= 0.6 is 0 Å². The lowest BCUT2D eigenvalue weighted by Gasteiger charge is -2.12. The Balaban J connectivity index is 1.61. The Bertz CT molecular complexity index is 1460. The van der Waals surface area contributed by atoms with Crippen LogP contribution in [0.5, 0.6) is 0 Å². The molecular formula is C26H19N5O. The number of aromatic nitrogens is 5. The lowest BCUT2D eigenvalue weighted by Crippen LogP contribution is -2.25. The van der Waals surface area contributed by atoms with Gasteiger partial charge in [-0.1, -0.05) is 30.3 Å². The number of fused-ring (bicyclic) bond motifs is 1. The van der Waals surface area contributed by atoms with E-state index in [-0.39, 0.29) is 5.56 Å². The third-order valence-electron chi connectivity index (χ3n) is 5.04. The highest BCUT2D eigenvalue weighted by Gasteiger charge is 2.14. The highest BCUT2D eigenvalue weighted by molar-refractivity contribution is 5.73. The summed E-state index contributed by atoms with van der Waals surface area (Å²) in [7, 11) is 0. The summed E-state index contributed by atoms with van der Waals surface area (Å²) in [4.78, 5) is 31.0. The Kier molecular flexibility index (Phi) is 5.32. The van der Waals surface area contributed by atoms with Gasteiger partial charge in [-0.3, -0.25) is 19.3 Å². The molecule has 0 aliphatic rings. The molecule has 5 rings (SSSR count). The van der Waals surface area contributed by atoms with Gasteiger partial charge in [0.2, 0.25) is 0 Å². The number of pyridine rings is 3. The van der Waals surface area contributed by atoms with Crippen LogP contribution in [0.3, 0.4) is 0 Å². The van der Waals surface area contributed by atoms with Crippen molar-refractivity contribution in [1.29, 1.82) is 0 Å². The number of rotatable bonds is 5. The van der Waals surface area contributed by atoms with Crippen molar-refractivity contribution >= 4 is 23.3 Å². The van der Waals surface area contributed by atoms with E-state index in [9.17, 15) is 4.79 Å². The molecule has 0 unspecified atom stereocenters. The van der Waals surface area contributed by atoms with Crippen molar-refractivity contribution in [3.63, 3.8) is 0 Å². The van der Waals surface area contributed by atoms with Gasteiger partial charge in [0, 0.05) is 31.2 Å². The van der Waals surface area contributed by atoms with Gasteiger partial charge in [-0.05, 0) is 59.7 Å². The molecule has 0 radical (unpaired) electrons. The van der Waals surface area contributed by atoms with E-state index in [2.05, 4.69) is 19.9 Å². The van der Waals surface area contributed by atoms with Crippen molar-refractivity contribution < 1.29 is 0 Å². The summed E-state index contributed by atoms with van der Waals surface area (Å²) >= 11 is 0. The largest absolute Gasteiger partial charge is 0.278 e. The van der Waals surface area contributed by atoms with Gasteiger partial charge in [0.15, 0.2) is 5.65 Å². The molecule has 4 aromatic heterocycles. The minimum absolute atomic E-state index is 0.189. The second-order valence-corrected chi connectivity index (χ2v) is 7.27. The normalized spacial score (nSPS) is 11.2. The molecule has 0 atom stereocenters. The summed E-state index contributed by atoms with van der Waals surface area (Å²) in [6, 6.07) is 21.0. The monoisotopic (exact) mass is 417 g/mol. The summed E-state index contributed by atoms with van der Waals surface area (Å²) in [6.45, 7) is 0. The fraction of sp³-hybridized carbons (Fsp3) is 0.0385. The molecule has 0 amide bonds. The van der Waals surface area contributed by atoms with Gasteiger partial charge < -0.3 is 0 Å². The molecule has 0 aliphatic heterocycles. The van der Waals surface area contributed by atoms with Crippen molar-refractivity contribution in [3.8, 4) is 5.69 Å². The van der Waals surface area contributed by atoms with Crippen molar-refractivity contribution in [2.75, 3.05) is 0 Å². The van der Waals surface area contributed by atoms with E-state index in [0.717, 1.165) is 22.5 Å². The fourth-order valence-electron chi connectivity index (χ4n) is 3.54. The van der Waals surface area contributed by atoms with E-state index in [4.69, 9.17) is 0 Å². The molecule has 0 aliphatic carbocycles. The Morgan fingerprint density at radius 1 is 0.844 bits per heavy atom. The van der Waals surface area contributed by atoms with Crippen LogP contribution in [-0.4, -0.2) is 24.5 Å². The number of hydrogen-bond donors (Lipinski definition) is 0. The Morgan fingerprint density at radius 2 is 1.75 bits per heavy atom. The van der Waals surface area contributed by atoms with Gasteiger partial charge in [-0.25, -0.2) is 9.97 Å². The van der Waals surface area contributed by atoms with Gasteiger partial charge >= 0.3 is 0 Å². The van der Waals surface area contributed by atoms with Crippen LogP contribution in [0.25, 0.3) is 29.0 Å². The smallest absolute Gasteiger partial charge is 0.267 e. The van der Waals surface area contributed by atoms with E-state index < -0.39 is 0 Å². The third-order valence-corrected chi connectivity index (χ3v) is 5.04. The molecule has 0 saturated heterocycles. The minimum Gasteiger partial charge on any atom is -0.267 e. The average Bonchev–Trinajstić information content (AvgIpc) is 2.85. The molecule has 6 heteroatoms. The summed E-state index contributed by atoms with van der Waals surface area (Å²) in [5, 5.41) is 0. The second kappa shape index (κ2) is 8.73. The lowest BCUT2D eigenvalue weighted by molar-refractivity contribution is 0.924. The first-order valence-corrected chi connectivity index (χ1v) is 10.2. The first-order chi connectivity index (χ1) is 15.8. The maximum atomic E-state index is 13.5. The van der Waals surface area contributed by atoms with Crippen molar-refractivity contribution in [3.05, 3.63) is 124 Å². The molecule has 4 heterocycles. The SMILES string of the molecule is O=c1c(Cc2cccnc2)nc2cccnc2n1-c1cccc(/C=C/c2ccccn2)c1. The van der Waals surface area contributed by atoms with Crippen molar-refractivity contribution in [2.24, 2.45) is 0 Å². The number of nitrogens with zero attached hydrogens (tertiary/aromatic N) is 5. The number of benzene rings is 1. The van der Waals surface area contributed by atoms with Crippen molar-refractivity contribution in [2.45, 2.75) is 6.42 Å². The first-order valence-electron chi connectivity index (χ1n) is 10.2. The van der Waals surface area contributed by atoms with Crippen LogP contribution in [0, 0.1) is 0 Å². The van der Waals surface area contributed by atoms with Gasteiger partial charge in [0.1, 0.15) is 11.2 Å². The van der Waals surface area contributed by atoms with Gasteiger partial charge in [0.25, 0.3) is 5.56 Å². The zero-order valence-corrected chi connectivity index (χ0v) is 17.2. The van der Waals surface area contributed by atoms with Crippen LogP contribution in [0.2, 0.25) is 0 Å². The average molecular weight is 417 g/mol. The molecule has 0 N–H and O–H groups in total. The van der Waals surface area contributed by atoms with Gasteiger partial charge in [-0.15, -0.1) is 0 Å². The quantitative estimate of drug-likeness (QED) is 0.426. The Labute approximate surface area is 184 Å². The Hall–Kier alpha value is -4.45. The molecule has 0 saturated carbocycles. The highest BCUT2D eigenvalue weighted by atomic mass is 16.1. The predicted octanol–water partition coefficient (Wildman–Crippen LogP) is 4.33. The zero-order chi connectivity index (χ0) is 21.8. The first kappa shape index (κ1) is 19.5. The molecule has 6 nitrogen and oxygen atoms in total. The summed E-state index contributed by atoms with van der Waals surface area (Å²) < 4.78 is 1.63. The standard InChI is InChI=1S/C26H19N5O/c32-26-24(17-20-7-4-13-27-18-20)30-23-10-5-15-29-25(23)31(26)22-9-3-6-19(16-22)11-12-21-8-1-2-14-28-21/h1-16,18H,17H2/b12-11+. The Morgan fingerprint density at radius 3 is 2.59 bits per heavy atom. The zero-order valence-electron chi connectivity index (χ0n) is 17.2. The lowest BCUT2D eigenvalue weighted by atomic mass is 10.1. The predicted molar refractivity (Wildman–Crippen MR) is 125 cm³/mol. The topological polar surface area (TPSA) is 73.6 Å². The van der Waals surface area contributed by atoms with Gasteiger partial charge in [-0.2, -0.15) is 0 Å². The van der Waals surface area contributed by atoms with E-state index in [0.29, 0.717) is 23.3 Å². The maximum Gasteiger partial charge on any atom is 0.278 e. The van der Waals surface area contributed by atoms with Crippen LogP contribution in [-0.2, 0) is 6.42 Å². The second-order valence-electron chi connectivity index (χ2n) is 7.27. The highest BCUT2D eigenvalue weighted by Crippen LogP contribution is 2.17. The summed E-state index contributed by atoms with van der Waals surface area (Å²) in [5.41, 5.74) is 4.94. The van der Waals surface area contributed by atoms with Crippen molar-refractivity contribution in [1.82, 2.24) is 24.5 Å². The minimum atomic E-state index is -0.189. The molecule has 32 heavy (non-hydrogen) atoms. The number of hydrogen-bond acceptors (Lipinski definition) is 5. The van der Waals surface area contributed by atoms with E-state index >= 15 is 0 Å². The third kappa shape index (κ3) is 4.06. The molecule has 0 fully saturated rings. The van der Waals surface area contributed by atoms with E-state index in [1.54, 1.807) is 29.4 Å². The molecule has 154 valence electrons. The summed E-state index contributed by atoms with van der Waals surface area (Å²) in [6.07, 6.45) is 11.2. The molecule has 0 bridgehead atoms.